The van der Waals surface area contributed by atoms with Gasteiger partial charge in [-0.3, -0.25) is 4.79 Å². The van der Waals surface area contributed by atoms with Crippen LogP contribution in [0.15, 0.2) is 12.2 Å². The first-order valence-corrected chi connectivity index (χ1v) is 8.17. The first-order chi connectivity index (χ1) is 6.67. The topological polar surface area (TPSA) is 52.3 Å². The molecular weight excluding hydrogens is 206 g/mol. The molecule has 0 atom stereocenters. The smallest absolute Gasteiger partial charge is 0.241 e. The molecule has 0 fully saturated rings. The number of carbonyl (C=O) groups excluding carboxylic acids is 1. The van der Waals surface area contributed by atoms with Crippen molar-refractivity contribution in [1.29, 1.82) is 0 Å². The maximum Gasteiger partial charge on any atom is 0.241 e. The van der Waals surface area contributed by atoms with Crippen LogP contribution in [0.25, 0.3) is 0 Å². The summed E-state index contributed by atoms with van der Waals surface area (Å²) in [5.41, 5.74) is 4.97. The van der Waals surface area contributed by atoms with E-state index in [9.17, 15) is 4.79 Å². The normalized spacial score (nSPS) is 13.4. The fourth-order valence-corrected chi connectivity index (χ4v) is 1.86. The monoisotopic (exact) mass is 229 g/mol. The van der Waals surface area contributed by atoms with Crippen molar-refractivity contribution in [2.45, 2.75) is 45.3 Å². The summed E-state index contributed by atoms with van der Waals surface area (Å²) in [7, 11) is -1.63. The van der Waals surface area contributed by atoms with Crippen molar-refractivity contribution in [2.24, 2.45) is 5.73 Å². The Kier molecular flexibility index (Phi) is 5.24. The van der Waals surface area contributed by atoms with Gasteiger partial charge in [-0.05, 0) is 30.6 Å². The lowest BCUT2D eigenvalue weighted by atomic mass is 10.2. The van der Waals surface area contributed by atoms with E-state index in [2.05, 4.69) is 33.9 Å². The summed E-state index contributed by atoms with van der Waals surface area (Å²) in [5, 5.41) is 0.237. The van der Waals surface area contributed by atoms with Crippen LogP contribution in [0, 0.1) is 0 Å². The van der Waals surface area contributed by atoms with Crippen molar-refractivity contribution in [3.63, 3.8) is 0 Å². The Labute approximate surface area is 93.8 Å². The maximum absolute atomic E-state index is 10.4. The number of carbonyl (C=O) groups is 1. The molecular formula is C11H23NO2Si. The van der Waals surface area contributed by atoms with E-state index in [0.29, 0.717) is 6.61 Å². The summed E-state index contributed by atoms with van der Waals surface area (Å²) >= 11 is 0. The van der Waals surface area contributed by atoms with E-state index in [4.69, 9.17) is 10.2 Å². The Bertz CT molecular complexity index is 241. The second-order valence-corrected chi connectivity index (χ2v) is 10.0. The van der Waals surface area contributed by atoms with E-state index < -0.39 is 14.2 Å². The molecule has 0 aliphatic heterocycles. The highest BCUT2D eigenvalue weighted by Crippen LogP contribution is 2.36. The number of amides is 1. The Morgan fingerprint density at radius 3 is 2.33 bits per heavy atom. The van der Waals surface area contributed by atoms with E-state index in [-0.39, 0.29) is 5.04 Å². The van der Waals surface area contributed by atoms with Crippen LogP contribution in [0.5, 0.6) is 0 Å². The van der Waals surface area contributed by atoms with Crippen LogP contribution in [-0.2, 0) is 9.22 Å². The summed E-state index contributed by atoms with van der Waals surface area (Å²) in [4.78, 5) is 10.4. The minimum atomic E-state index is -1.63. The van der Waals surface area contributed by atoms with Crippen molar-refractivity contribution in [1.82, 2.24) is 0 Å². The molecule has 0 aromatic heterocycles. The van der Waals surface area contributed by atoms with Gasteiger partial charge in [-0.1, -0.05) is 26.8 Å². The standard InChI is InChI=1S/C11H23NO2Si/c1-11(2,3)15(4,5)14-9-7-6-8-10(12)13/h6,8H,7,9H2,1-5H3,(H2,12,13)/b8-6+. The molecule has 0 radical (unpaired) electrons. The molecule has 0 aliphatic carbocycles. The summed E-state index contributed by atoms with van der Waals surface area (Å²) in [6.45, 7) is 11.7. The number of nitrogens with two attached hydrogens (primary N) is 1. The summed E-state index contributed by atoms with van der Waals surface area (Å²) < 4.78 is 5.91. The lowest BCUT2D eigenvalue weighted by Gasteiger charge is -2.36. The van der Waals surface area contributed by atoms with E-state index in [1.807, 2.05) is 0 Å². The van der Waals surface area contributed by atoms with Crippen LogP contribution in [-0.4, -0.2) is 20.8 Å². The first kappa shape index (κ1) is 14.4. The quantitative estimate of drug-likeness (QED) is 0.447. The van der Waals surface area contributed by atoms with Crippen LogP contribution in [0.4, 0.5) is 0 Å². The summed E-state index contributed by atoms with van der Waals surface area (Å²) in [6, 6.07) is 0. The molecule has 15 heavy (non-hydrogen) atoms. The van der Waals surface area contributed by atoms with Gasteiger partial charge in [0, 0.05) is 6.61 Å². The zero-order valence-corrected chi connectivity index (χ0v) is 11.5. The Hall–Kier alpha value is -0.613. The van der Waals surface area contributed by atoms with Crippen molar-refractivity contribution >= 4 is 14.2 Å². The van der Waals surface area contributed by atoms with Crippen LogP contribution in [0.3, 0.4) is 0 Å². The van der Waals surface area contributed by atoms with Gasteiger partial charge in [-0.2, -0.15) is 0 Å². The predicted octanol–water partition coefficient (Wildman–Crippen LogP) is 2.44. The average molecular weight is 229 g/mol. The van der Waals surface area contributed by atoms with Gasteiger partial charge in [0.1, 0.15) is 0 Å². The first-order valence-electron chi connectivity index (χ1n) is 5.27. The third kappa shape index (κ3) is 5.74. The average Bonchev–Trinajstić information content (AvgIpc) is 2.00. The molecule has 0 aromatic carbocycles. The largest absolute Gasteiger partial charge is 0.417 e. The van der Waals surface area contributed by atoms with E-state index >= 15 is 0 Å². The van der Waals surface area contributed by atoms with E-state index in [1.165, 1.54) is 6.08 Å². The van der Waals surface area contributed by atoms with Gasteiger partial charge in [0.25, 0.3) is 0 Å². The van der Waals surface area contributed by atoms with Crippen LogP contribution >= 0.6 is 0 Å². The minimum absolute atomic E-state index is 0.237. The molecule has 4 heteroatoms. The molecule has 3 nitrogen and oxygen atoms in total. The third-order valence-corrected chi connectivity index (χ3v) is 7.37. The second-order valence-electron chi connectivity index (χ2n) is 5.20. The summed E-state index contributed by atoms with van der Waals surface area (Å²) in [6.07, 6.45) is 3.89. The number of primary amides is 1. The fourth-order valence-electron chi connectivity index (χ4n) is 0.798. The Morgan fingerprint density at radius 1 is 1.40 bits per heavy atom. The van der Waals surface area contributed by atoms with Gasteiger partial charge in [0.05, 0.1) is 0 Å². The maximum atomic E-state index is 10.4. The lowest BCUT2D eigenvalue weighted by molar-refractivity contribution is -0.113. The minimum Gasteiger partial charge on any atom is -0.417 e. The van der Waals surface area contributed by atoms with Gasteiger partial charge in [-0.25, -0.2) is 0 Å². The highest BCUT2D eigenvalue weighted by molar-refractivity contribution is 6.74. The van der Waals surface area contributed by atoms with Gasteiger partial charge < -0.3 is 10.2 Å². The van der Waals surface area contributed by atoms with Gasteiger partial charge in [-0.15, -0.1) is 0 Å². The van der Waals surface area contributed by atoms with Crippen LogP contribution in [0.1, 0.15) is 27.2 Å². The van der Waals surface area contributed by atoms with Crippen molar-refractivity contribution in [3.05, 3.63) is 12.2 Å². The number of rotatable bonds is 5. The molecule has 2 N–H and O–H groups in total. The molecule has 1 amide bonds. The van der Waals surface area contributed by atoms with E-state index in [0.717, 1.165) is 6.42 Å². The van der Waals surface area contributed by atoms with E-state index in [1.54, 1.807) is 6.08 Å². The molecule has 0 unspecified atom stereocenters. The zero-order chi connectivity index (χ0) is 12.1. The second kappa shape index (κ2) is 5.46. The molecule has 0 saturated carbocycles. The van der Waals surface area contributed by atoms with Gasteiger partial charge in [0.15, 0.2) is 8.32 Å². The van der Waals surface area contributed by atoms with Crippen LogP contribution < -0.4 is 5.73 Å². The summed E-state index contributed by atoms with van der Waals surface area (Å²) in [5.74, 6) is -0.401. The van der Waals surface area contributed by atoms with Crippen molar-refractivity contribution < 1.29 is 9.22 Å². The molecule has 0 saturated heterocycles. The zero-order valence-electron chi connectivity index (χ0n) is 10.5. The highest BCUT2D eigenvalue weighted by Gasteiger charge is 2.36. The molecule has 0 rings (SSSR count). The van der Waals surface area contributed by atoms with Crippen molar-refractivity contribution in [2.75, 3.05) is 6.61 Å². The predicted molar refractivity (Wildman–Crippen MR) is 66.1 cm³/mol. The Balaban J connectivity index is 3.91. The fraction of sp³-hybridized carbons (Fsp3) is 0.727. The highest BCUT2D eigenvalue weighted by atomic mass is 28.4. The lowest BCUT2D eigenvalue weighted by Crippen LogP contribution is -2.40. The number of hydrogen-bond donors (Lipinski definition) is 1. The molecule has 0 heterocycles. The van der Waals surface area contributed by atoms with Gasteiger partial charge in [0.2, 0.25) is 5.91 Å². The van der Waals surface area contributed by atoms with Gasteiger partial charge >= 0.3 is 0 Å². The molecule has 0 bridgehead atoms. The molecule has 0 spiro atoms. The van der Waals surface area contributed by atoms with Crippen molar-refractivity contribution in [3.8, 4) is 0 Å². The Morgan fingerprint density at radius 2 is 1.93 bits per heavy atom. The van der Waals surface area contributed by atoms with Crippen LogP contribution in [0.2, 0.25) is 18.1 Å². The third-order valence-electron chi connectivity index (χ3n) is 2.84. The molecule has 0 aliphatic rings. The SMILES string of the molecule is CC(C)(C)[Si](C)(C)OCC/C=C/C(N)=O. The molecule has 0 aromatic rings. The molecule has 88 valence electrons. The number of hydrogen-bond acceptors (Lipinski definition) is 2.